The van der Waals surface area contributed by atoms with Crippen LogP contribution in [0, 0.1) is 0 Å². The van der Waals surface area contributed by atoms with Gasteiger partial charge in [0.2, 0.25) is 0 Å². The van der Waals surface area contributed by atoms with Crippen LogP contribution in [0.5, 0.6) is 0 Å². The molecule has 3 heteroatoms. The van der Waals surface area contributed by atoms with Gasteiger partial charge in [0, 0.05) is 17.6 Å². The fourth-order valence-electron chi connectivity index (χ4n) is 2.40. The quantitative estimate of drug-likeness (QED) is 0.520. The van der Waals surface area contributed by atoms with Gasteiger partial charge >= 0.3 is 0 Å². The maximum absolute atomic E-state index is 12.6. The van der Waals surface area contributed by atoms with E-state index in [1.165, 1.54) is 0 Å². The lowest BCUT2D eigenvalue weighted by Gasteiger charge is -2.14. The van der Waals surface area contributed by atoms with Crippen molar-refractivity contribution in [2.75, 3.05) is 12.3 Å². The summed E-state index contributed by atoms with van der Waals surface area (Å²) in [5.74, 6) is 0. The van der Waals surface area contributed by atoms with Crippen LogP contribution in [0.1, 0.15) is 6.92 Å². The second-order valence-electron chi connectivity index (χ2n) is 4.48. The summed E-state index contributed by atoms with van der Waals surface area (Å²) >= 11 is 0. The van der Waals surface area contributed by atoms with Gasteiger partial charge < -0.3 is 9.30 Å². The third-order valence-corrected chi connectivity index (χ3v) is 6.59. The molecule has 0 radical (unpaired) electrons. The molecule has 3 atom stereocenters. The number of ether oxygens (including phenoxy) is 1. The average Bonchev–Trinajstić information content (AvgIpc) is 2.68. The molecule has 1 aromatic rings. The summed E-state index contributed by atoms with van der Waals surface area (Å²) in [5.41, 5.74) is -0.0641. The van der Waals surface area contributed by atoms with Gasteiger partial charge in [-0.05, 0) is 6.92 Å². The Balaban J connectivity index is 1.97. The van der Waals surface area contributed by atoms with Gasteiger partial charge in [-0.3, -0.25) is 0 Å². The van der Waals surface area contributed by atoms with Crippen LogP contribution in [-0.4, -0.2) is 24.0 Å². The van der Waals surface area contributed by atoms with Crippen molar-refractivity contribution in [1.82, 2.24) is 0 Å². The molecule has 0 amide bonds. The van der Waals surface area contributed by atoms with E-state index < -0.39 is 7.14 Å². The first-order valence-electron chi connectivity index (χ1n) is 4.94. The van der Waals surface area contributed by atoms with E-state index >= 15 is 0 Å². The maximum atomic E-state index is 12.6. The van der Waals surface area contributed by atoms with Crippen molar-refractivity contribution >= 4 is 12.4 Å². The van der Waals surface area contributed by atoms with Gasteiger partial charge in [0.05, 0.1) is 11.7 Å². The number of fused-ring (bicyclic) bond motifs is 1. The van der Waals surface area contributed by atoms with E-state index in [1.807, 2.05) is 30.3 Å². The van der Waals surface area contributed by atoms with E-state index in [0.717, 1.165) is 17.6 Å². The second kappa shape index (κ2) is 2.50. The van der Waals surface area contributed by atoms with Crippen LogP contribution in [0.3, 0.4) is 0 Å². The standard InChI is InChI=1S/C11H13O2P/c1-11-8-14(12,7-10(11)13-11)9-5-3-2-4-6-9/h2-6,10H,7-8H2,1H3/t10-,11+,14?/m1/s1. The average molecular weight is 208 g/mol. The SMILES string of the molecule is C[C@]12CP(=O)(c3ccccc3)C[C@H]1O2. The summed E-state index contributed by atoms with van der Waals surface area (Å²) < 4.78 is 18.1. The van der Waals surface area contributed by atoms with Crippen molar-refractivity contribution in [3.63, 3.8) is 0 Å². The predicted molar refractivity (Wildman–Crippen MR) is 56.7 cm³/mol. The highest BCUT2D eigenvalue weighted by Crippen LogP contribution is 2.63. The number of benzene rings is 1. The van der Waals surface area contributed by atoms with Gasteiger partial charge in [-0.15, -0.1) is 0 Å². The minimum Gasteiger partial charge on any atom is -0.365 e. The molecule has 0 aliphatic carbocycles. The summed E-state index contributed by atoms with van der Waals surface area (Å²) in [4.78, 5) is 0. The van der Waals surface area contributed by atoms with E-state index in [4.69, 9.17) is 4.74 Å². The molecule has 0 spiro atoms. The van der Waals surface area contributed by atoms with Crippen LogP contribution in [0.4, 0.5) is 0 Å². The van der Waals surface area contributed by atoms with Crippen molar-refractivity contribution in [3.05, 3.63) is 30.3 Å². The molecule has 2 fully saturated rings. The van der Waals surface area contributed by atoms with Crippen molar-refractivity contribution in [2.45, 2.75) is 18.6 Å². The van der Waals surface area contributed by atoms with Crippen molar-refractivity contribution in [1.29, 1.82) is 0 Å². The van der Waals surface area contributed by atoms with Gasteiger partial charge in [0.15, 0.2) is 0 Å². The summed E-state index contributed by atoms with van der Waals surface area (Å²) in [5, 5.41) is 1.03. The molecule has 0 aromatic heterocycles. The van der Waals surface area contributed by atoms with Crippen LogP contribution in [0.15, 0.2) is 30.3 Å². The molecule has 1 aromatic carbocycles. The molecular formula is C11H13O2P. The van der Waals surface area contributed by atoms with Crippen molar-refractivity contribution in [2.24, 2.45) is 0 Å². The second-order valence-corrected chi connectivity index (χ2v) is 7.46. The largest absolute Gasteiger partial charge is 0.365 e. The first kappa shape index (κ1) is 8.70. The molecule has 0 saturated carbocycles. The molecule has 2 nitrogen and oxygen atoms in total. The summed E-state index contributed by atoms with van der Waals surface area (Å²) in [6.45, 7) is 2.07. The van der Waals surface area contributed by atoms with Crippen molar-refractivity contribution < 1.29 is 9.30 Å². The molecule has 0 bridgehead atoms. The summed E-state index contributed by atoms with van der Waals surface area (Å²) in [6, 6.07) is 9.85. The Bertz CT molecular complexity index is 415. The minimum atomic E-state index is -2.12. The number of epoxide rings is 1. The van der Waals surface area contributed by atoms with Crippen LogP contribution in [-0.2, 0) is 9.30 Å². The smallest absolute Gasteiger partial charge is 0.121 e. The Morgan fingerprint density at radius 1 is 1.43 bits per heavy atom. The normalized spacial score (nSPS) is 44.8. The van der Waals surface area contributed by atoms with Crippen LogP contribution in [0.2, 0.25) is 0 Å². The molecule has 3 rings (SSSR count). The number of hydrogen-bond donors (Lipinski definition) is 0. The Morgan fingerprint density at radius 3 is 2.71 bits per heavy atom. The van der Waals surface area contributed by atoms with E-state index in [9.17, 15) is 4.57 Å². The molecular weight excluding hydrogens is 195 g/mol. The summed E-state index contributed by atoms with van der Waals surface area (Å²) in [6.07, 6.45) is 1.73. The lowest BCUT2D eigenvalue weighted by atomic mass is 10.2. The molecule has 1 unspecified atom stereocenters. The van der Waals surface area contributed by atoms with Gasteiger partial charge in [0.1, 0.15) is 7.14 Å². The highest BCUT2D eigenvalue weighted by molar-refractivity contribution is 7.72. The van der Waals surface area contributed by atoms with Crippen LogP contribution >= 0.6 is 7.14 Å². The van der Waals surface area contributed by atoms with Gasteiger partial charge in [0.25, 0.3) is 0 Å². The van der Waals surface area contributed by atoms with Crippen LogP contribution in [0.25, 0.3) is 0 Å². The molecule has 74 valence electrons. The zero-order valence-electron chi connectivity index (χ0n) is 8.14. The lowest BCUT2D eigenvalue weighted by Crippen LogP contribution is -2.13. The zero-order valence-corrected chi connectivity index (χ0v) is 9.04. The van der Waals surface area contributed by atoms with Gasteiger partial charge in [-0.25, -0.2) is 0 Å². The minimum absolute atomic E-state index is 0.0641. The topological polar surface area (TPSA) is 29.6 Å². The Hall–Kier alpha value is -0.590. The molecule has 14 heavy (non-hydrogen) atoms. The first-order chi connectivity index (χ1) is 6.62. The number of rotatable bonds is 1. The summed E-state index contributed by atoms with van der Waals surface area (Å²) in [7, 11) is -2.12. The highest BCUT2D eigenvalue weighted by Gasteiger charge is 2.63. The molecule has 2 aliphatic rings. The van der Waals surface area contributed by atoms with Crippen molar-refractivity contribution in [3.8, 4) is 0 Å². The molecule has 2 heterocycles. The van der Waals surface area contributed by atoms with Crippen LogP contribution < -0.4 is 5.30 Å². The lowest BCUT2D eigenvalue weighted by molar-refractivity contribution is 0.322. The highest BCUT2D eigenvalue weighted by atomic mass is 31.2. The maximum Gasteiger partial charge on any atom is 0.121 e. The molecule has 2 saturated heterocycles. The fraction of sp³-hybridized carbons (Fsp3) is 0.455. The van der Waals surface area contributed by atoms with E-state index in [2.05, 4.69) is 6.92 Å². The van der Waals surface area contributed by atoms with Gasteiger partial charge in [-0.2, -0.15) is 0 Å². The fourth-order valence-corrected chi connectivity index (χ4v) is 5.92. The third kappa shape index (κ3) is 1.11. The molecule has 0 N–H and O–H groups in total. The number of hydrogen-bond acceptors (Lipinski definition) is 2. The monoisotopic (exact) mass is 208 g/mol. The Labute approximate surface area is 83.6 Å². The van der Waals surface area contributed by atoms with Gasteiger partial charge in [-0.1, -0.05) is 30.3 Å². The first-order valence-corrected chi connectivity index (χ1v) is 7.02. The Morgan fingerprint density at radius 2 is 2.14 bits per heavy atom. The predicted octanol–water partition coefficient (Wildman–Crippen LogP) is 1.85. The zero-order chi connectivity index (χ0) is 9.81. The molecule has 2 aliphatic heterocycles. The Kier molecular flexibility index (Phi) is 1.55. The van der Waals surface area contributed by atoms with E-state index in [0.29, 0.717) is 0 Å². The third-order valence-electron chi connectivity index (χ3n) is 3.29. The van der Waals surface area contributed by atoms with E-state index in [1.54, 1.807) is 0 Å². The van der Waals surface area contributed by atoms with E-state index in [-0.39, 0.29) is 11.7 Å².